The predicted octanol–water partition coefficient (Wildman–Crippen LogP) is 0.947. The Morgan fingerprint density at radius 1 is 0.750 bits per heavy atom. The fraction of sp³-hybridized carbons (Fsp3) is 0.190. The molecule has 2 aromatic carbocycles. The Balaban J connectivity index is 0.00000208. The molecule has 0 spiro atoms. The highest BCUT2D eigenvalue weighted by molar-refractivity contribution is 6.14. The first kappa shape index (κ1) is 18.2. The minimum absolute atomic E-state index is 0. The van der Waals surface area contributed by atoms with E-state index in [9.17, 15) is 4.79 Å². The van der Waals surface area contributed by atoms with Crippen molar-refractivity contribution in [3.8, 4) is 0 Å². The number of carbonyl (C=O) groups is 1. The number of carbonyl (C=O) groups excluding carboxylic acids is 1. The lowest BCUT2D eigenvalue weighted by Gasteiger charge is -2.18. The number of hydrogen-bond acceptors (Lipinski definition) is 2. The maximum Gasteiger partial charge on any atom is 0.187 e. The molecule has 1 fully saturated rings. The SMILES string of the molecule is Cc1ccc(/C=C2\CNC/C(=C\c3ccc(C)cc3)C2=O)cc1.[Cl-]. The molecule has 1 aliphatic heterocycles. The van der Waals surface area contributed by atoms with Crippen molar-refractivity contribution < 1.29 is 17.2 Å². The van der Waals surface area contributed by atoms with Crippen molar-refractivity contribution in [3.63, 3.8) is 0 Å². The number of hydrogen-bond donors (Lipinski definition) is 1. The van der Waals surface area contributed by atoms with Gasteiger partial charge in [0.05, 0.1) is 0 Å². The summed E-state index contributed by atoms with van der Waals surface area (Å²) in [5.41, 5.74) is 6.21. The summed E-state index contributed by atoms with van der Waals surface area (Å²) in [6.45, 7) is 5.37. The molecule has 3 rings (SSSR count). The average molecular weight is 339 g/mol. The summed E-state index contributed by atoms with van der Waals surface area (Å²) < 4.78 is 0. The molecule has 1 N–H and O–H groups in total. The smallest absolute Gasteiger partial charge is 0.187 e. The summed E-state index contributed by atoms with van der Waals surface area (Å²) in [6.07, 6.45) is 3.97. The number of aryl methyl sites for hydroxylation is 2. The van der Waals surface area contributed by atoms with Gasteiger partial charge in [0.2, 0.25) is 0 Å². The van der Waals surface area contributed by atoms with Crippen LogP contribution in [0.2, 0.25) is 0 Å². The van der Waals surface area contributed by atoms with Crippen LogP contribution >= 0.6 is 0 Å². The molecule has 0 amide bonds. The number of rotatable bonds is 2. The molecule has 1 heterocycles. The Bertz CT molecular complexity index is 705. The summed E-state index contributed by atoms with van der Waals surface area (Å²) in [7, 11) is 0. The fourth-order valence-corrected chi connectivity index (χ4v) is 2.66. The fourth-order valence-electron chi connectivity index (χ4n) is 2.66. The van der Waals surface area contributed by atoms with Gasteiger partial charge in [-0.2, -0.15) is 0 Å². The highest BCUT2D eigenvalue weighted by atomic mass is 35.5. The largest absolute Gasteiger partial charge is 1.00 e. The molecule has 2 nitrogen and oxygen atoms in total. The van der Waals surface area contributed by atoms with E-state index in [4.69, 9.17) is 0 Å². The van der Waals surface area contributed by atoms with Crippen molar-refractivity contribution in [1.82, 2.24) is 5.32 Å². The summed E-state index contributed by atoms with van der Waals surface area (Å²) in [4.78, 5) is 12.7. The number of Topliss-reactive ketones (excluding diaryl/α,β-unsaturated/α-hetero) is 1. The molecule has 3 heteroatoms. The van der Waals surface area contributed by atoms with Crippen molar-refractivity contribution >= 4 is 17.9 Å². The average Bonchev–Trinajstić information content (AvgIpc) is 2.55. The maximum atomic E-state index is 12.7. The summed E-state index contributed by atoms with van der Waals surface area (Å²) >= 11 is 0. The molecule has 0 bridgehead atoms. The molecule has 0 radical (unpaired) electrons. The Kier molecular flexibility index (Phi) is 6.13. The van der Waals surface area contributed by atoms with Crippen LogP contribution in [0.3, 0.4) is 0 Å². The van der Waals surface area contributed by atoms with Gasteiger partial charge in [-0.15, -0.1) is 0 Å². The van der Waals surface area contributed by atoms with Crippen molar-refractivity contribution in [1.29, 1.82) is 0 Å². The van der Waals surface area contributed by atoms with Crippen LogP contribution in [0, 0.1) is 13.8 Å². The molecule has 2 aromatic rings. The second-order valence-electron chi connectivity index (χ2n) is 6.09. The van der Waals surface area contributed by atoms with E-state index in [1.165, 1.54) is 11.1 Å². The molecule has 0 aromatic heterocycles. The van der Waals surface area contributed by atoms with E-state index in [2.05, 4.69) is 43.4 Å². The minimum Gasteiger partial charge on any atom is -1.00 e. The second-order valence-corrected chi connectivity index (χ2v) is 6.09. The molecule has 1 saturated heterocycles. The van der Waals surface area contributed by atoms with Gasteiger partial charge in [0.25, 0.3) is 0 Å². The predicted molar refractivity (Wildman–Crippen MR) is 96.2 cm³/mol. The van der Waals surface area contributed by atoms with Gasteiger partial charge in [0.1, 0.15) is 0 Å². The summed E-state index contributed by atoms with van der Waals surface area (Å²) in [5.74, 6) is 0.143. The molecule has 124 valence electrons. The first-order chi connectivity index (χ1) is 11.1. The lowest BCUT2D eigenvalue weighted by Crippen LogP contribution is -3.00. The van der Waals surface area contributed by atoms with Crippen LogP contribution in [0.25, 0.3) is 12.2 Å². The first-order valence-corrected chi connectivity index (χ1v) is 7.92. The molecule has 0 aliphatic carbocycles. The third-order valence-corrected chi connectivity index (χ3v) is 4.05. The van der Waals surface area contributed by atoms with Crippen LogP contribution < -0.4 is 17.7 Å². The monoisotopic (exact) mass is 338 g/mol. The number of nitrogens with one attached hydrogen (secondary N) is 1. The standard InChI is InChI=1S/C21H21NO.ClH/c1-15-3-7-17(8-4-15)11-19-13-22-14-20(21(19)23)12-18-9-5-16(2)6-10-18;/h3-12,22H,13-14H2,1-2H3;1H/p-1/b19-11+,20-12+;. The normalized spacial score (nSPS) is 17.8. The number of halogens is 1. The molecular formula is C21H21ClNO-. The Labute approximate surface area is 149 Å². The number of piperidine rings is 1. The van der Waals surface area contributed by atoms with E-state index in [0.717, 1.165) is 22.3 Å². The van der Waals surface area contributed by atoms with Crippen LogP contribution in [-0.2, 0) is 4.79 Å². The van der Waals surface area contributed by atoms with Gasteiger partial charge in [0.15, 0.2) is 5.78 Å². The zero-order valence-corrected chi connectivity index (χ0v) is 14.7. The van der Waals surface area contributed by atoms with Crippen LogP contribution in [0.15, 0.2) is 59.7 Å². The highest BCUT2D eigenvalue weighted by Crippen LogP contribution is 2.18. The second kappa shape index (κ2) is 8.09. The maximum absolute atomic E-state index is 12.7. The lowest BCUT2D eigenvalue weighted by atomic mass is 9.95. The van der Waals surface area contributed by atoms with Gasteiger partial charge in [-0.25, -0.2) is 0 Å². The van der Waals surface area contributed by atoms with Crippen molar-refractivity contribution in [2.75, 3.05) is 13.1 Å². The molecule has 0 atom stereocenters. The molecule has 0 saturated carbocycles. The van der Waals surface area contributed by atoms with E-state index in [1.807, 2.05) is 36.4 Å². The zero-order chi connectivity index (χ0) is 16.2. The van der Waals surface area contributed by atoms with Gasteiger partial charge >= 0.3 is 0 Å². The Morgan fingerprint density at radius 2 is 1.12 bits per heavy atom. The summed E-state index contributed by atoms with van der Waals surface area (Å²) in [6, 6.07) is 16.5. The van der Waals surface area contributed by atoms with Gasteiger partial charge in [0, 0.05) is 24.2 Å². The quantitative estimate of drug-likeness (QED) is 0.826. The minimum atomic E-state index is 0. The van der Waals surface area contributed by atoms with E-state index >= 15 is 0 Å². The number of ketones is 1. The third-order valence-electron chi connectivity index (χ3n) is 4.05. The Morgan fingerprint density at radius 3 is 1.50 bits per heavy atom. The van der Waals surface area contributed by atoms with E-state index in [0.29, 0.717) is 13.1 Å². The van der Waals surface area contributed by atoms with Gasteiger partial charge < -0.3 is 17.7 Å². The van der Waals surface area contributed by atoms with Crippen LogP contribution in [-0.4, -0.2) is 18.9 Å². The zero-order valence-electron chi connectivity index (χ0n) is 14.0. The summed E-state index contributed by atoms with van der Waals surface area (Å²) in [5, 5.41) is 3.32. The van der Waals surface area contributed by atoms with Crippen molar-refractivity contribution in [3.05, 3.63) is 81.9 Å². The van der Waals surface area contributed by atoms with Gasteiger partial charge in [-0.3, -0.25) is 4.79 Å². The van der Waals surface area contributed by atoms with E-state index < -0.39 is 0 Å². The van der Waals surface area contributed by atoms with E-state index in [-0.39, 0.29) is 18.2 Å². The van der Waals surface area contributed by atoms with E-state index in [1.54, 1.807) is 0 Å². The van der Waals surface area contributed by atoms with Gasteiger partial charge in [-0.05, 0) is 37.1 Å². The molecular weight excluding hydrogens is 318 g/mol. The molecule has 0 unspecified atom stereocenters. The van der Waals surface area contributed by atoms with Crippen LogP contribution in [0.4, 0.5) is 0 Å². The van der Waals surface area contributed by atoms with Gasteiger partial charge in [-0.1, -0.05) is 59.7 Å². The highest BCUT2D eigenvalue weighted by Gasteiger charge is 2.19. The number of benzene rings is 2. The molecule has 1 aliphatic rings. The van der Waals surface area contributed by atoms with Crippen LogP contribution in [0.5, 0.6) is 0 Å². The van der Waals surface area contributed by atoms with Crippen molar-refractivity contribution in [2.24, 2.45) is 0 Å². The topological polar surface area (TPSA) is 29.1 Å². The lowest BCUT2D eigenvalue weighted by molar-refractivity contribution is -0.112. The molecule has 24 heavy (non-hydrogen) atoms. The Hall–Kier alpha value is -2.16. The van der Waals surface area contributed by atoms with Crippen LogP contribution in [0.1, 0.15) is 22.3 Å². The van der Waals surface area contributed by atoms with Crippen molar-refractivity contribution in [2.45, 2.75) is 13.8 Å². The third kappa shape index (κ3) is 4.44. The first-order valence-electron chi connectivity index (χ1n) is 7.92.